The smallest absolute Gasteiger partial charge is 0.0581 e. The van der Waals surface area contributed by atoms with Crippen molar-refractivity contribution in [3.63, 3.8) is 0 Å². The molecule has 0 atom stereocenters. The molecule has 13 heavy (non-hydrogen) atoms. The monoisotopic (exact) mass is 290 g/mol. The van der Waals surface area contributed by atoms with E-state index < -0.39 is 0 Å². The van der Waals surface area contributed by atoms with Gasteiger partial charge in [0.15, 0.2) is 0 Å². The number of hydrogen-bond donors (Lipinski definition) is 1. The van der Waals surface area contributed by atoms with Crippen LogP contribution in [0.15, 0.2) is 31.8 Å². The molecule has 0 N–H and O–H groups in total. The van der Waals surface area contributed by atoms with Gasteiger partial charge in [0.2, 0.25) is 0 Å². The summed E-state index contributed by atoms with van der Waals surface area (Å²) in [6, 6.07) is 6.37. The number of thiophene rings is 1. The van der Waals surface area contributed by atoms with Crippen LogP contribution in [0.3, 0.4) is 0 Å². The molecule has 0 saturated heterocycles. The van der Waals surface area contributed by atoms with E-state index in [0.29, 0.717) is 0 Å². The minimum atomic E-state index is 1.06. The van der Waals surface area contributed by atoms with Gasteiger partial charge in [-0.2, -0.15) is 0 Å². The van der Waals surface area contributed by atoms with Gasteiger partial charge in [0.1, 0.15) is 0 Å². The second-order valence-corrected chi connectivity index (χ2v) is 6.06. The van der Waals surface area contributed by atoms with Crippen molar-refractivity contribution in [2.24, 2.45) is 0 Å². The van der Waals surface area contributed by atoms with Crippen molar-refractivity contribution in [3.05, 3.63) is 22.7 Å². The standard InChI is InChI=1S/C9H7BrS3/c1-12-6-3-2-5-4-7(11)13-9(5)8(6)10/h2-4,11H,1H3. The van der Waals surface area contributed by atoms with Gasteiger partial charge in [-0.05, 0) is 39.7 Å². The third kappa shape index (κ3) is 1.77. The fourth-order valence-corrected chi connectivity index (χ4v) is 4.09. The summed E-state index contributed by atoms with van der Waals surface area (Å²) >= 11 is 11.4. The fraction of sp³-hybridized carbons (Fsp3) is 0.111. The van der Waals surface area contributed by atoms with Gasteiger partial charge in [-0.3, -0.25) is 0 Å². The van der Waals surface area contributed by atoms with E-state index in [4.69, 9.17) is 0 Å². The van der Waals surface area contributed by atoms with E-state index in [2.05, 4.69) is 53.0 Å². The summed E-state index contributed by atoms with van der Waals surface area (Å²) in [5.41, 5.74) is 0. The summed E-state index contributed by atoms with van der Waals surface area (Å²) in [6.45, 7) is 0. The molecule has 2 aromatic rings. The summed E-state index contributed by atoms with van der Waals surface area (Å²) in [7, 11) is 0. The molecule has 0 radical (unpaired) electrons. The lowest BCUT2D eigenvalue weighted by atomic mass is 10.3. The zero-order valence-corrected chi connectivity index (χ0v) is 11.0. The molecule has 1 aromatic heterocycles. The number of rotatable bonds is 1. The van der Waals surface area contributed by atoms with Gasteiger partial charge >= 0.3 is 0 Å². The van der Waals surface area contributed by atoms with E-state index in [1.807, 2.05) is 0 Å². The Morgan fingerprint density at radius 2 is 2.23 bits per heavy atom. The Bertz CT molecular complexity index is 447. The highest BCUT2D eigenvalue weighted by Crippen LogP contribution is 2.38. The zero-order chi connectivity index (χ0) is 9.42. The number of thiol groups is 1. The van der Waals surface area contributed by atoms with Crippen molar-refractivity contribution in [1.29, 1.82) is 0 Å². The van der Waals surface area contributed by atoms with Crippen LogP contribution in [0.1, 0.15) is 0 Å². The minimum Gasteiger partial charge on any atom is -0.133 e. The molecular weight excluding hydrogens is 284 g/mol. The van der Waals surface area contributed by atoms with Crippen molar-refractivity contribution in [3.8, 4) is 0 Å². The van der Waals surface area contributed by atoms with Crippen LogP contribution < -0.4 is 0 Å². The number of thioether (sulfide) groups is 1. The highest BCUT2D eigenvalue weighted by atomic mass is 79.9. The number of fused-ring (bicyclic) bond motifs is 1. The fourth-order valence-electron chi connectivity index (χ4n) is 1.20. The number of halogens is 1. The van der Waals surface area contributed by atoms with Crippen molar-refractivity contribution >= 4 is 61.7 Å². The minimum absolute atomic E-state index is 1.06. The summed E-state index contributed by atoms with van der Waals surface area (Å²) in [5.74, 6) is 0. The SMILES string of the molecule is CSc1ccc2cc(S)sc2c1Br. The van der Waals surface area contributed by atoms with E-state index in [0.717, 1.165) is 4.21 Å². The third-order valence-corrected chi connectivity index (χ3v) is 5.30. The molecule has 0 aliphatic heterocycles. The second kappa shape index (κ2) is 3.85. The van der Waals surface area contributed by atoms with Gasteiger partial charge in [0, 0.05) is 9.37 Å². The first-order chi connectivity index (χ1) is 6.22. The molecule has 0 nitrogen and oxygen atoms in total. The van der Waals surface area contributed by atoms with E-state index in [-0.39, 0.29) is 0 Å². The first-order valence-electron chi connectivity index (χ1n) is 3.67. The summed E-state index contributed by atoms with van der Waals surface area (Å²) in [5, 5.41) is 1.26. The van der Waals surface area contributed by atoms with Gasteiger partial charge in [-0.25, -0.2) is 0 Å². The van der Waals surface area contributed by atoms with Gasteiger partial charge in [-0.15, -0.1) is 35.7 Å². The number of benzene rings is 1. The first-order valence-corrected chi connectivity index (χ1v) is 6.95. The average Bonchev–Trinajstić information content (AvgIpc) is 2.47. The van der Waals surface area contributed by atoms with E-state index >= 15 is 0 Å². The van der Waals surface area contributed by atoms with Gasteiger partial charge in [0.25, 0.3) is 0 Å². The first kappa shape index (κ1) is 9.90. The maximum Gasteiger partial charge on any atom is 0.0581 e. The molecule has 1 aromatic carbocycles. The van der Waals surface area contributed by atoms with Gasteiger partial charge in [0.05, 0.1) is 8.91 Å². The molecule has 2 rings (SSSR count). The molecule has 68 valence electrons. The van der Waals surface area contributed by atoms with Crippen molar-refractivity contribution in [2.75, 3.05) is 6.26 Å². The van der Waals surface area contributed by atoms with Crippen molar-refractivity contribution in [2.45, 2.75) is 9.10 Å². The molecular formula is C9H7BrS3. The molecule has 0 amide bonds. The quantitative estimate of drug-likeness (QED) is 0.588. The Morgan fingerprint density at radius 1 is 1.46 bits per heavy atom. The lowest BCUT2D eigenvalue weighted by Gasteiger charge is -2.00. The average molecular weight is 291 g/mol. The van der Waals surface area contributed by atoms with Crippen LogP contribution >= 0.6 is 51.7 Å². The predicted molar refractivity (Wildman–Crippen MR) is 68.6 cm³/mol. The van der Waals surface area contributed by atoms with Gasteiger partial charge < -0.3 is 0 Å². The Hall–Kier alpha value is 0.360. The molecule has 1 heterocycles. The van der Waals surface area contributed by atoms with Crippen LogP contribution in [-0.4, -0.2) is 6.26 Å². The van der Waals surface area contributed by atoms with Crippen LogP contribution in [-0.2, 0) is 0 Å². The second-order valence-electron chi connectivity index (χ2n) is 2.58. The van der Waals surface area contributed by atoms with Crippen LogP contribution in [0.4, 0.5) is 0 Å². The largest absolute Gasteiger partial charge is 0.133 e. The van der Waals surface area contributed by atoms with Crippen molar-refractivity contribution < 1.29 is 0 Å². The lowest BCUT2D eigenvalue weighted by molar-refractivity contribution is 1.48. The van der Waals surface area contributed by atoms with Gasteiger partial charge in [-0.1, -0.05) is 6.07 Å². The Labute approximate surface area is 99.3 Å². The van der Waals surface area contributed by atoms with Crippen molar-refractivity contribution in [1.82, 2.24) is 0 Å². The van der Waals surface area contributed by atoms with Crippen LogP contribution in [0.5, 0.6) is 0 Å². The molecule has 0 bridgehead atoms. The highest BCUT2D eigenvalue weighted by Gasteiger charge is 2.06. The Kier molecular flexibility index (Phi) is 2.93. The van der Waals surface area contributed by atoms with E-state index in [1.54, 1.807) is 23.1 Å². The molecule has 4 heteroatoms. The zero-order valence-electron chi connectivity index (χ0n) is 6.87. The molecule has 0 saturated carbocycles. The maximum absolute atomic E-state index is 4.34. The number of hydrogen-bond acceptors (Lipinski definition) is 3. The normalized spacial score (nSPS) is 11.0. The summed E-state index contributed by atoms with van der Waals surface area (Å²) in [6.07, 6.45) is 2.08. The molecule has 0 fully saturated rings. The Balaban J connectivity index is 2.78. The molecule has 0 spiro atoms. The third-order valence-electron chi connectivity index (χ3n) is 1.80. The molecule has 0 aliphatic rings. The molecule has 0 aliphatic carbocycles. The van der Waals surface area contributed by atoms with Crippen LogP contribution in [0, 0.1) is 0 Å². The summed E-state index contributed by atoms with van der Waals surface area (Å²) in [4.78, 5) is 1.28. The lowest BCUT2D eigenvalue weighted by Crippen LogP contribution is -1.72. The Morgan fingerprint density at radius 3 is 2.92 bits per heavy atom. The van der Waals surface area contributed by atoms with Crippen LogP contribution in [0.25, 0.3) is 10.1 Å². The van der Waals surface area contributed by atoms with E-state index in [1.165, 1.54) is 19.5 Å². The summed E-state index contributed by atoms with van der Waals surface area (Å²) < 4.78 is 3.55. The highest BCUT2D eigenvalue weighted by molar-refractivity contribution is 9.10. The topological polar surface area (TPSA) is 0 Å². The van der Waals surface area contributed by atoms with E-state index in [9.17, 15) is 0 Å². The maximum atomic E-state index is 4.34. The van der Waals surface area contributed by atoms with Crippen LogP contribution in [0.2, 0.25) is 0 Å². The predicted octanol–water partition coefficient (Wildman–Crippen LogP) is 4.67. The molecule has 0 unspecified atom stereocenters.